The Morgan fingerprint density at radius 2 is 1.91 bits per heavy atom. The first-order valence-electron chi connectivity index (χ1n) is 7.27. The summed E-state index contributed by atoms with van der Waals surface area (Å²) in [5.41, 5.74) is 1.37. The first-order chi connectivity index (χ1) is 10.7. The van der Waals surface area contributed by atoms with Gasteiger partial charge in [0.15, 0.2) is 5.78 Å². The SMILES string of the molecule is COc1ccc(-n2nc(C(C)=O)cc2N2CCOCC2)cc1. The number of ketones is 1. The predicted octanol–water partition coefficient (Wildman–Crippen LogP) is 1.92. The van der Waals surface area contributed by atoms with Crippen LogP contribution in [0.4, 0.5) is 5.82 Å². The van der Waals surface area contributed by atoms with Crippen LogP contribution in [0.5, 0.6) is 5.75 Å². The Balaban J connectivity index is 2.01. The summed E-state index contributed by atoms with van der Waals surface area (Å²) in [6.07, 6.45) is 0. The standard InChI is InChI=1S/C16H19N3O3/c1-12(20)15-11-16(18-7-9-22-10-8-18)19(17-15)13-3-5-14(21-2)6-4-13/h3-6,11H,7-10H2,1-2H3. The Bertz CT molecular complexity index is 658. The largest absolute Gasteiger partial charge is 0.497 e. The number of hydrogen-bond donors (Lipinski definition) is 0. The molecule has 2 aromatic rings. The Labute approximate surface area is 129 Å². The molecule has 22 heavy (non-hydrogen) atoms. The number of rotatable bonds is 4. The molecule has 0 saturated carbocycles. The average Bonchev–Trinajstić information content (AvgIpc) is 3.01. The zero-order valence-corrected chi connectivity index (χ0v) is 12.8. The maximum Gasteiger partial charge on any atom is 0.180 e. The Morgan fingerprint density at radius 1 is 1.23 bits per heavy atom. The smallest absolute Gasteiger partial charge is 0.180 e. The van der Waals surface area contributed by atoms with Crippen molar-refractivity contribution in [3.8, 4) is 11.4 Å². The Morgan fingerprint density at radius 3 is 2.50 bits per heavy atom. The number of hydrogen-bond acceptors (Lipinski definition) is 5. The molecule has 1 saturated heterocycles. The number of morpholine rings is 1. The Kier molecular flexibility index (Phi) is 4.11. The van der Waals surface area contributed by atoms with Crippen molar-refractivity contribution in [1.29, 1.82) is 0 Å². The van der Waals surface area contributed by atoms with Gasteiger partial charge >= 0.3 is 0 Å². The summed E-state index contributed by atoms with van der Waals surface area (Å²) in [6, 6.07) is 9.47. The van der Waals surface area contributed by atoms with E-state index < -0.39 is 0 Å². The molecule has 1 aliphatic heterocycles. The highest BCUT2D eigenvalue weighted by Gasteiger charge is 2.20. The van der Waals surface area contributed by atoms with Gasteiger partial charge in [0.05, 0.1) is 26.0 Å². The molecule has 0 unspecified atom stereocenters. The lowest BCUT2D eigenvalue weighted by Crippen LogP contribution is -2.37. The summed E-state index contributed by atoms with van der Waals surface area (Å²) < 4.78 is 12.4. The quantitative estimate of drug-likeness (QED) is 0.808. The van der Waals surface area contributed by atoms with E-state index in [-0.39, 0.29) is 5.78 Å². The molecule has 6 nitrogen and oxygen atoms in total. The summed E-state index contributed by atoms with van der Waals surface area (Å²) in [7, 11) is 1.63. The van der Waals surface area contributed by atoms with Gasteiger partial charge in [0.25, 0.3) is 0 Å². The van der Waals surface area contributed by atoms with Gasteiger partial charge in [-0.3, -0.25) is 4.79 Å². The van der Waals surface area contributed by atoms with Crippen molar-refractivity contribution in [3.63, 3.8) is 0 Å². The molecule has 1 aromatic carbocycles. The van der Waals surface area contributed by atoms with E-state index in [9.17, 15) is 4.79 Å². The molecule has 0 aliphatic carbocycles. The number of carbonyl (C=O) groups is 1. The monoisotopic (exact) mass is 301 g/mol. The van der Waals surface area contributed by atoms with Crippen molar-refractivity contribution < 1.29 is 14.3 Å². The van der Waals surface area contributed by atoms with E-state index in [2.05, 4.69) is 10.00 Å². The van der Waals surface area contributed by atoms with Gasteiger partial charge in [0.2, 0.25) is 0 Å². The topological polar surface area (TPSA) is 56.6 Å². The van der Waals surface area contributed by atoms with Crippen LogP contribution in [0.2, 0.25) is 0 Å². The zero-order valence-electron chi connectivity index (χ0n) is 12.8. The normalized spacial score (nSPS) is 14.9. The molecule has 6 heteroatoms. The summed E-state index contributed by atoms with van der Waals surface area (Å²) in [6.45, 7) is 4.48. The van der Waals surface area contributed by atoms with Crippen LogP contribution < -0.4 is 9.64 Å². The highest BCUT2D eigenvalue weighted by Crippen LogP contribution is 2.24. The van der Waals surface area contributed by atoms with Gasteiger partial charge in [0, 0.05) is 26.1 Å². The fraction of sp³-hybridized carbons (Fsp3) is 0.375. The number of Topliss-reactive ketones (excluding diaryl/α,β-unsaturated/α-hetero) is 1. The van der Waals surface area contributed by atoms with Gasteiger partial charge in [-0.05, 0) is 24.3 Å². The number of carbonyl (C=O) groups excluding carboxylic acids is 1. The number of anilines is 1. The van der Waals surface area contributed by atoms with E-state index in [0.717, 1.165) is 30.3 Å². The highest BCUT2D eigenvalue weighted by atomic mass is 16.5. The van der Waals surface area contributed by atoms with Crippen molar-refractivity contribution in [2.24, 2.45) is 0 Å². The third-order valence-electron chi connectivity index (χ3n) is 3.70. The first kappa shape index (κ1) is 14.6. The lowest BCUT2D eigenvalue weighted by Gasteiger charge is -2.28. The second kappa shape index (κ2) is 6.19. The molecule has 0 radical (unpaired) electrons. The van der Waals surface area contributed by atoms with E-state index in [1.165, 1.54) is 6.92 Å². The molecule has 3 rings (SSSR count). The zero-order chi connectivity index (χ0) is 15.5. The van der Waals surface area contributed by atoms with E-state index in [4.69, 9.17) is 9.47 Å². The van der Waals surface area contributed by atoms with Crippen LogP contribution in [-0.2, 0) is 4.74 Å². The van der Waals surface area contributed by atoms with Gasteiger partial charge < -0.3 is 14.4 Å². The van der Waals surface area contributed by atoms with Crippen molar-refractivity contribution >= 4 is 11.6 Å². The molecule has 1 fully saturated rings. The molecule has 1 aliphatic rings. The summed E-state index contributed by atoms with van der Waals surface area (Å²) in [4.78, 5) is 13.9. The molecule has 0 bridgehead atoms. The summed E-state index contributed by atoms with van der Waals surface area (Å²) >= 11 is 0. The number of aromatic nitrogens is 2. The molecule has 0 N–H and O–H groups in total. The van der Waals surface area contributed by atoms with Crippen LogP contribution >= 0.6 is 0 Å². The molecule has 1 aromatic heterocycles. The fourth-order valence-electron chi connectivity index (χ4n) is 2.47. The minimum absolute atomic E-state index is 0.0400. The van der Waals surface area contributed by atoms with Gasteiger partial charge in [0.1, 0.15) is 17.3 Å². The molecular weight excluding hydrogens is 282 g/mol. The minimum Gasteiger partial charge on any atom is -0.497 e. The van der Waals surface area contributed by atoms with E-state index in [0.29, 0.717) is 18.9 Å². The van der Waals surface area contributed by atoms with Crippen LogP contribution in [-0.4, -0.2) is 49.0 Å². The predicted molar refractivity (Wildman–Crippen MR) is 83.2 cm³/mol. The first-order valence-corrected chi connectivity index (χ1v) is 7.27. The maximum atomic E-state index is 11.7. The number of ether oxygens (including phenoxy) is 2. The van der Waals surface area contributed by atoms with Gasteiger partial charge in [-0.25, -0.2) is 4.68 Å². The van der Waals surface area contributed by atoms with Gasteiger partial charge in [-0.2, -0.15) is 5.10 Å². The number of benzene rings is 1. The number of methoxy groups -OCH3 is 1. The molecule has 2 heterocycles. The van der Waals surface area contributed by atoms with E-state index >= 15 is 0 Å². The molecule has 0 spiro atoms. The summed E-state index contributed by atoms with van der Waals surface area (Å²) in [5.74, 6) is 1.66. The van der Waals surface area contributed by atoms with Crippen LogP contribution in [0.25, 0.3) is 5.69 Å². The van der Waals surface area contributed by atoms with Crippen LogP contribution in [0.3, 0.4) is 0 Å². The lowest BCUT2D eigenvalue weighted by molar-refractivity contribution is 0.101. The molecular formula is C16H19N3O3. The van der Waals surface area contributed by atoms with E-state index in [1.54, 1.807) is 7.11 Å². The highest BCUT2D eigenvalue weighted by molar-refractivity contribution is 5.93. The number of nitrogens with zero attached hydrogens (tertiary/aromatic N) is 3. The third kappa shape index (κ3) is 2.82. The lowest BCUT2D eigenvalue weighted by atomic mass is 10.3. The molecule has 0 amide bonds. The van der Waals surface area contributed by atoms with Crippen LogP contribution in [0.1, 0.15) is 17.4 Å². The van der Waals surface area contributed by atoms with Crippen molar-refractivity contribution in [2.45, 2.75) is 6.92 Å². The third-order valence-corrected chi connectivity index (χ3v) is 3.70. The molecule has 116 valence electrons. The van der Waals surface area contributed by atoms with Crippen LogP contribution in [0, 0.1) is 0 Å². The van der Waals surface area contributed by atoms with Crippen molar-refractivity contribution in [1.82, 2.24) is 9.78 Å². The van der Waals surface area contributed by atoms with Crippen molar-refractivity contribution in [2.75, 3.05) is 38.3 Å². The minimum atomic E-state index is -0.0400. The fourth-order valence-corrected chi connectivity index (χ4v) is 2.47. The van der Waals surface area contributed by atoms with E-state index in [1.807, 2.05) is 35.0 Å². The second-order valence-corrected chi connectivity index (χ2v) is 5.15. The summed E-state index contributed by atoms with van der Waals surface area (Å²) in [5, 5.41) is 4.45. The average molecular weight is 301 g/mol. The Hall–Kier alpha value is -2.34. The van der Waals surface area contributed by atoms with Crippen LogP contribution in [0.15, 0.2) is 30.3 Å². The second-order valence-electron chi connectivity index (χ2n) is 5.15. The van der Waals surface area contributed by atoms with Crippen molar-refractivity contribution in [3.05, 3.63) is 36.0 Å². The molecule has 0 atom stereocenters. The van der Waals surface area contributed by atoms with Gasteiger partial charge in [-0.15, -0.1) is 0 Å². The van der Waals surface area contributed by atoms with Gasteiger partial charge in [-0.1, -0.05) is 0 Å². The maximum absolute atomic E-state index is 11.7.